The molecule has 0 radical (unpaired) electrons. The summed E-state index contributed by atoms with van der Waals surface area (Å²) in [5, 5.41) is 0. The molecule has 2 aromatic carbocycles. The normalized spacial score (nSPS) is 12.0. The van der Waals surface area contributed by atoms with E-state index in [9.17, 15) is 0 Å². The highest BCUT2D eigenvalue weighted by Crippen LogP contribution is 2.25. The SMILES string of the molecule is COc1ccccc1C(N)CN(C)c1ccc(C)cc1. The van der Waals surface area contributed by atoms with E-state index < -0.39 is 0 Å². The van der Waals surface area contributed by atoms with Gasteiger partial charge in [-0.3, -0.25) is 0 Å². The van der Waals surface area contributed by atoms with Crippen LogP contribution in [0.3, 0.4) is 0 Å². The number of hydrogen-bond acceptors (Lipinski definition) is 3. The summed E-state index contributed by atoms with van der Waals surface area (Å²) in [5.41, 5.74) is 9.78. The summed E-state index contributed by atoms with van der Waals surface area (Å²) in [4.78, 5) is 2.16. The molecule has 0 aromatic heterocycles. The van der Waals surface area contributed by atoms with Crippen molar-refractivity contribution in [2.75, 3.05) is 25.6 Å². The van der Waals surface area contributed by atoms with Crippen LogP contribution in [-0.2, 0) is 0 Å². The lowest BCUT2D eigenvalue weighted by molar-refractivity contribution is 0.405. The van der Waals surface area contributed by atoms with Gasteiger partial charge in [-0.25, -0.2) is 0 Å². The fraction of sp³-hybridized carbons (Fsp3) is 0.294. The van der Waals surface area contributed by atoms with E-state index in [0.717, 1.165) is 17.9 Å². The van der Waals surface area contributed by atoms with Crippen molar-refractivity contribution in [3.8, 4) is 5.75 Å². The number of benzene rings is 2. The van der Waals surface area contributed by atoms with Gasteiger partial charge in [-0.1, -0.05) is 35.9 Å². The number of hydrogen-bond donors (Lipinski definition) is 1. The molecule has 0 aliphatic heterocycles. The molecule has 0 fully saturated rings. The Hall–Kier alpha value is -2.00. The fourth-order valence-corrected chi connectivity index (χ4v) is 2.27. The zero-order chi connectivity index (χ0) is 14.5. The number of rotatable bonds is 5. The van der Waals surface area contributed by atoms with Crippen LogP contribution >= 0.6 is 0 Å². The second kappa shape index (κ2) is 6.44. The van der Waals surface area contributed by atoms with Crippen molar-refractivity contribution >= 4 is 5.69 Å². The highest BCUT2D eigenvalue weighted by molar-refractivity contribution is 5.47. The van der Waals surface area contributed by atoms with Crippen molar-refractivity contribution in [2.24, 2.45) is 5.73 Å². The standard InChI is InChI=1S/C17H22N2O/c1-13-8-10-14(11-9-13)19(2)12-16(18)15-6-4-5-7-17(15)20-3/h4-11,16H,12,18H2,1-3H3. The summed E-state index contributed by atoms with van der Waals surface area (Å²) in [6.07, 6.45) is 0. The Bertz CT molecular complexity index is 551. The summed E-state index contributed by atoms with van der Waals surface area (Å²) in [6.45, 7) is 2.83. The average Bonchev–Trinajstić information content (AvgIpc) is 2.47. The van der Waals surface area contributed by atoms with Gasteiger partial charge in [0.05, 0.1) is 13.2 Å². The van der Waals surface area contributed by atoms with Crippen molar-refractivity contribution in [1.29, 1.82) is 0 Å². The summed E-state index contributed by atoms with van der Waals surface area (Å²) in [6, 6.07) is 16.3. The maximum absolute atomic E-state index is 6.32. The molecule has 0 heterocycles. The van der Waals surface area contributed by atoms with Crippen molar-refractivity contribution in [2.45, 2.75) is 13.0 Å². The number of likely N-dealkylation sites (N-methyl/N-ethyl adjacent to an activating group) is 1. The minimum Gasteiger partial charge on any atom is -0.496 e. The average molecular weight is 270 g/mol. The van der Waals surface area contributed by atoms with E-state index >= 15 is 0 Å². The molecule has 0 saturated carbocycles. The van der Waals surface area contributed by atoms with Gasteiger partial charge in [-0.15, -0.1) is 0 Å². The van der Waals surface area contributed by atoms with E-state index in [0.29, 0.717) is 0 Å². The quantitative estimate of drug-likeness (QED) is 0.907. The zero-order valence-corrected chi connectivity index (χ0v) is 12.3. The molecular weight excluding hydrogens is 248 g/mol. The number of ether oxygens (including phenoxy) is 1. The second-order valence-corrected chi connectivity index (χ2v) is 5.06. The molecule has 3 heteroatoms. The Morgan fingerprint density at radius 1 is 1.10 bits per heavy atom. The van der Waals surface area contributed by atoms with E-state index in [-0.39, 0.29) is 6.04 Å². The summed E-state index contributed by atoms with van der Waals surface area (Å²) in [7, 11) is 3.73. The monoisotopic (exact) mass is 270 g/mol. The maximum atomic E-state index is 6.32. The number of aryl methyl sites for hydroxylation is 1. The first-order valence-electron chi connectivity index (χ1n) is 6.78. The molecule has 0 bridgehead atoms. The predicted octanol–water partition coefficient (Wildman–Crippen LogP) is 3.14. The summed E-state index contributed by atoms with van der Waals surface area (Å²) < 4.78 is 5.37. The van der Waals surface area contributed by atoms with Gasteiger partial charge in [-0.2, -0.15) is 0 Å². The summed E-state index contributed by atoms with van der Waals surface area (Å²) >= 11 is 0. The first-order chi connectivity index (χ1) is 9.61. The third-order valence-electron chi connectivity index (χ3n) is 3.48. The Morgan fingerprint density at radius 2 is 1.75 bits per heavy atom. The molecule has 1 unspecified atom stereocenters. The molecule has 2 aromatic rings. The van der Waals surface area contributed by atoms with Crippen LogP contribution in [0.5, 0.6) is 5.75 Å². The van der Waals surface area contributed by atoms with E-state index in [1.165, 1.54) is 11.3 Å². The minimum absolute atomic E-state index is 0.0857. The predicted molar refractivity (Wildman–Crippen MR) is 84.4 cm³/mol. The molecule has 1 atom stereocenters. The Kier molecular flexibility index (Phi) is 4.64. The van der Waals surface area contributed by atoms with E-state index in [1.54, 1.807) is 7.11 Å². The number of anilines is 1. The van der Waals surface area contributed by atoms with Gasteiger partial charge in [0.1, 0.15) is 5.75 Å². The molecule has 2 rings (SSSR count). The van der Waals surface area contributed by atoms with E-state index in [2.05, 4.69) is 43.1 Å². The Balaban J connectivity index is 2.10. The lowest BCUT2D eigenvalue weighted by Gasteiger charge is -2.24. The van der Waals surface area contributed by atoms with Gasteiger partial charge in [0.15, 0.2) is 0 Å². The third-order valence-corrected chi connectivity index (χ3v) is 3.48. The maximum Gasteiger partial charge on any atom is 0.123 e. The molecule has 0 amide bonds. The van der Waals surface area contributed by atoms with Crippen LogP contribution in [-0.4, -0.2) is 20.7 Å². The molecule has 0 aliphatic rings. The number of nitrogens with two attached hydrogens (primary N) is 1. The number of methoxy groups -OCH3 is 1. The van der Waals surface area contributed by atoms with Crippen molar-refractivity contribution < 1.29 is 4.74 Å². The highest BCUT2D eigenvalue weighted by Gasteiger charge is 2.13. The summed E-state index contributed by atoms with van der Waals surface area (Å²) in [5.74, 6) is 0.845. The van der Waals surface area contributed by atoms with Gasteiger partial charge in [0.25, 0.3) is 0 Å². The van der Waals surface area contributed by atoms with E-state index in [4.69, 9.17) is 10.5 Å². The highest BCUT2D eigenvalue weighted by atomic mass is 16.5. The molecule has 3 nitrogen and oxygen atoms in total. The van der Waals surface area contributed by atoms with Crippen molar-refractivity contribution in [3.05, 3.63) is 59.7 Å². The molecule has 2 N–H and O–H groups in total. The minimum atomic E-state index is -0.0857. The lowest BCUT2D eigenvalue weighted by Crippen LogP contribution is -2.29. The topological polar surface area (TPSA) is 38.5 Å². The van der Waals surface area contributed by atoms with Gasteiger partial charge < -0.3 is 15.4 Å². The number of para-hydroxylation sites is 1. The van der Waals surface area contributed by atoms with Crippen molar-refractivity contribution in [1.82, 2.24) is 0 Å². The lowest BCUT2D eigenvalue weighted by atomic mass is 10.1. The van der Waals surface area contributed by atoms with Crippen LogP contribution in [0, 0.1) is 6.92 Å². The smallest absolute Gasteiger partial charge is 0.123 e. The molecule has 0 aliphatic carbocycles. The van der Waals surface area contributed by atoms with Crippen molar-refractivity contribution in [3.63, 3.8) is 0 Å². The first-order valence-corrected chi connectivity index (χ1v) is 6.78. The molecule has 0 saturated heterocycles. The van der Waals surface area contributed by atoms with Crippen LogP contribution in [0.4, 0.5) is 5.69 Å². The molecule has 0 spiro atoms. The molecule has 106 valence electrons. The van der Waals surface area contributed by atoms with Crippen LogP contribution < -0.4 is 15.4 Å². The second-order valence-electron chi connectivity index (χ2n) is 5.06. The van der Waals surface area contributed by atoms with Crippen LogP contribution in [0.1, 0.15) is 17.2 Å². The van der Waals surface area contributed by atoms with Crippen LogP contribution in [0.25, 0.3) is 0 Å². The van der Waals surface area contributed by atoms with Gasteiger partial charge in [-0.05, 0) is 25.1 Å². The molecule has 20 heavy (non-hydrogen) atoms. The van der Waals surface area contributed by atoms with Crippen LogP contribution in [0.15, 0.2) is 48.5 Å². The molecular formula is C17H22N2O. The fourth-order valence-electron chi connectivity index (χ4n) is 2.27. The first kappa shape index (κ1) is 14.4. The third kappa shape index (κ3) is 3.31. The van der Waals surface area contributed by atoms with Gasteiger partial charge >= 0.3 is 0 Å². The van der Waals surface area contributed by atoms with Gasteiger partial charge in [0.2, 0.25) is 0 Å². The van der Waals surface area contributed by atoms with E-state index in [1.807, 2.05) is 24.3 Å². The largest absolute Gasteiger partial charge is 0.496 e. The zero-order valence-electron chi connectivity index (χ0n) is 12.3. The number of nitrogens with zero attached hydrogens (tertiary/aromatic N) is 1. The van der Waals surface area contributed by atoms with Gasteiger partial charge in [0, 0.05) is 24.8 Å². The van der Waals surface area contributed by atoms with Crippen LogP contribution in [0.2, 0.25) is 0 Å². The Labute approximate surface area is 121 Å². The Morgan fingerprint density at radius 3 is 2.40 bits per heavy atom.